The maximum absolute atomic E-state index is 5.60. The summed E-state index contributed by atoms with van der Waals surface area (Å²) in [6.45, 7) is 3.91. The van der Waals surface area contributed by atoms with E-state index in [2.05, 4.69) is 10.2 Å². The summed E-state index contributed by atoms with van der Waals surface area (Å²) in [6, 6.07) is 9.74. The Morgan fingerprint density at radius 2 is 1.94 bits per heavy atom. The van der Waals surface area contributed by atoms with Crippen molar-refractivity contribution in [3.63, 3.8) is 0 Å². The van der Waals surface area contributed by atoms with Gasteiger partial charge in [-0.25, -0.2) is 0 Å². The van der Waals surface area contributed by atoms with Crippen LogP contribution in [0.5, 0.6) is 0 Å². The SMILES string of the molecule is C/C=C\C=C(/C)c1nnc(-c2ccccc2)o1. The van der Waals surface area contributed by atoms with Gasteiger partial charge in [-0.3, -0.25) is 0 Å². The van der Waals surface area contributed by atoms with Gasteiger partial charge in [-0.05, 0) is 26.0 Å². The Hall–Kier alpha value is -2.16. The smallest absolute Gasteiger partial charge is 0.248 e. The molecule has 0 N–H and O–H groups in total. The van der Waals surface area contributed by atoms with Crippen LogP contribution in [0.25, 0.3) is 17.0 Å². The Morgan fingerprint density at radius 1 is 1.18 bits per heavy atom. The standard InChI is InChI=1S/C14H14N2O/c1-3-4-8-11(2)13-15-16-14(17-13)12-9-6-5-7-10-12/h3-10H,1-2H3/b4-3-,11-8+. The van der Waals surface area contributed by atoms with Gasteiger partial charge in [-0.15, -0.1) is 10.2 Å². The third-order valence-corrected chi connectivity index (χ3v) is 2.32. The van der Waals surface area contributed by atoms with Gasteiger partial charge < -0.3 is 4.42 Å². The molecule has 0 saturated heterocycles. The van der Waals surface area contributed by atoms with E-state index in [1.807, 2.05) is 62.4 Å². The molecule has 0 unspecified atom stereocenters. The first-order valence-electron chi connectivity index (χ1n) is 5.50. The van der Waals surface area contributed by atoms with Crippen LogP contribution in [0.1, 0.15) is 19.7 Å². The van der Waals surface area contributed by atoms with Gasteiger partial charge in [0.25, 0.3) is 0 Å². The third kappa shape index (κ3) is 2.69. The van der Waals surface area contributed by atoms with E-state index < -0.39 is 0 Å². The second-order valence-corrected chi connectivity index (χ2v) is 3.65. The lowest BCUT2D eigenvalue weighted by molar-refractivity contribution is 0.553. The molecule has 0 aliphatic carbocycles. The molecule has 0 atom stereocenters. The highest BCUT2D eigenvalue weighted by molar-refractivity contribution is 5.60. The van der Waals surface area contributed by atoms with Crippen molar-refractivity contribution >= 4 is 5.57 Å². The largest absolute Gasteiger partial charge is 0.416 e. The zero-order chi connectivity index (χ0) is 12.1. The topological polar surface area (TPSA) is 38.9 Å². The number of allylic oxidation sites excluding steroid dienone is 4. The number of hydrogen-bond acceptors (Lipinski definition) is 3. The first-order chi connectivity index (χ1) is 8.31. The lowest BCUT2D eigenvalue weighted by Gasteiger charge is -1.93. The molecule has 3 heteroatoms. The van der Waals surface area contributed by atoms with Crippen molar-refractivity contribution in [3.05, 3.63) is 54.5 Å². The molecule has 0 fully saturated rings. The molecule has 0 saturated carbocycles. The quantitative estimate of drug-likeness (QED) is 0.749. The van der Waals surface area contributed by atoms with Crippen LogP contribution in [-0.2, 0) is 0 Å². The molecule has 0 radical (unpaired) electrons. The van der Waals surface area contributed by atoms with E-state index in [9.17, 15) is 0 Å². The van der Waals surface area contributed by atoms with Crippen LogP contribution in [0.4, 0.5) is 0 Å². The normalized spacial score (nSPS) is 12.2. The van der Waals surface area contributed by atoms with E-state index in [-0.39, 0.29) is 0 Å². The van der Waals surface area contributed by atoms with E-state index in [1.54, 1.807) is 0 Å². The molecule has 0 aliphatic rings. The average molecular weight is 226 g/mol. The van der Waals surface area contributed by atoms with Gasteiger partial charge >= 0.3 is 0 Å². The molecule has 2 aromatic rings. The summed E-state index contributed by atoms with van der Waals surface area (Å²) < 4.78 is 5.60. The summed E-state index contributed by atoms with van der Waals surface area (Å²) in [5, 5.41) is 8.06. The zero-order valence-electron chi connectivity index (χ0n) is 9.92. The Kier molecular flexibility index (Phi) is 3.50. The van der Waals surface area contributed by atoms with Crippen molar-refractivity contribution < 1.29 is 4.42 Å². The summed E-state index contributed by atoms with van der Waals surface area (Å²) in [5.41, 5.74) is 1.89. The number of benzene rings is 1. The minimum atomic E-state index is 0.550. The summed E-state index contributed by atoms with van der Waals surface area (Å²) in [7, 11) is 0. The highest BCUT2D eigenvalue weighted by Crippen LogP contribution is 2.20. The fraction of sp³-hybridized carbons (Fsp3) is 0.143. The van der Waals surface area contributed by atoms with Gasteiger partial charge in [-0.2, -0.15) is 0 Å². The molecule has 1 aromatic carbocycles. The van der Waals surface area contributed by atoms with E-state index >= 15 is 0 Å². The Labute approximate surface area is 101 Å². The summed E-state index contributed by atoms with van der Waals surface area (Å²) in [5.74, 6) is 1.11. The van der Waals surface area contributed by atoms with Gasteiger partial charge in [0.15, 0.2) is 0 Å². The fourth-order valence-electron chi connectivity index (χ4n) is 1.39. The summed E-state index contributed by atoms with van der Waals surface area (Å²) in [4.78, 5) is 0. The van der Waals surface area contributed by atoms with E-state index in [0.717, 1.165) is 11.1 Å². The molecular formula is C14H14N2O. The predicted molar refractivity (Wildman–Crippen MR) is 68.2 cm³/mol. The summed E-state index contributed by atoms with van der Waals surface area (Å²) >= 11 is 0. The number of nitrogens with zero attached hydrogens (tertiary/aromatic N) is 2. The Morgan fingerprint density at radius 3 is 2.65 bits per heavy atom. The number of hydrogen-bond donors (Lipinski definition) is 0. The molecule has 86 valence electrons. The second-order valence-electron chi connectivity index (χ2n) is 3.65. The molecule has 2 rings (SSSR count). The van der Waals surface area contributed by atoms with Gasteiger partial charge in [-0.1, -0.05) is 36.4 Å². The highest BCUT2D eigenvalue weighted by Gasteiger charge is 2.08. The van der Waals surface area contributed by atoms with E-state index in [0.29, 0.717) is 11.8 Å². The molecule has 1 heterocycles. The van der Waals surface area contributed by atoms with Gasteiger partial charge in [0.05, 0.1) is 0 Å². The van der Waals surface area contributed by atoms with Crippen molar-refractivity contribution in [3.8, 4) is 11.5 Å². The first-order valence-corrected chi connectivity index (χ1v) is 5.50. The molecule has 0 aliphatic heterocycles. The second kappa shape index (κ2) is 5.25. The van der Waals surface area contributed by atoms with Crippen molar-refractivity contribution in [2.45, 2.75) is 13.8 Å². The zero-order valence-corrected chi connectivity index (χ0v) is 9.92. The molecule has 0 spiro atoms. The molecule has 1 aromatic heterocycles. The van der Waals surface area contributed by atoms with Crippen molar-refractivity contribution in [1.29, 1.82) is 0 Å². The minimum absolute atomic E-state index is 0.550. The van der Waals surface area contributed by atoms with Crippen molar-refractivity contribution in [2.75, 3.05) is 0 Å². The number of aromatic nitrogens is 2. The van der Waals surface area contributed by atoms with E-state index in [4.69, 9.17) is 4.42 Å². The monoisotopic (exact) mass is 226 g/mol. The van der Waals surface area contributed by atoms with Crippen molar-refractivity contribution in [1.82, 2.24) is 10.2 Å². The summed E-state index contributed by atoms with van der Waals surface area (Å²) in [6.07, 6.45) is 5.85. The van der Waals surface area contributed by atoms with Crippen LogP contribution < -0.4 is 0 Å². The van der Waals surface area contributed by atoms with Gasteiger partial charge in [0.2, 0.25) is 11.8 Å². The van der Waals surface area contributed by atoms with Gasteiger partial charge in [0.1, 0.15) is 0 Å². The molecule has 0 amide bonds. The maximum atomic E-state index is 5.60. The number of rotatable bonds is 3. The highest BCUT2D eigenvalue weighted by atomic mass is 16.4. The fourth-order valence-corrected chi connectivity index (χ4v) is 1.39. The predicted octanol–water partition coefficient (Wildman–Crippen LogP) is 3.72. The van der Waals surface area contributed by atoms with Crippen molar-refractivity contribution in [2.24, 2.45) is 0 Å². The molecule has 3 nitrogen and oxygen atoms in total. The molecule has 0 bridgehead atoms. The van der Waals surface area contributed by atoms with Crippen LogP contribution >= 0.6 is 0 Å². The van der Waals surface area contributed by atoms with E-state index in [1.165, 1.54) is 0 Å². The van der Waals surface area contributed by atoms with Crippen LogP contribution in [0, 0.1) is 0 Å². The third-order valence-electron chi connectivity index (χ3n) is 2.32. The Bertz CT molecular complexity index is 538. The average Bonchev–Trinajstić information content (AvgIpc) is 2.86. The minimum Gasteiger partial charge on any atom is -0.416 e. The molecular weight excluding hydrogens is 212 g/mol. The Balaban J connectivity index is 2.28. The maximum Gasteiger partial charge on any atom is 0.248 e. The van der Waals surface area contributed by atoms with Crippen LogP contribution in [0.3, 0.4) is 0 Å². The van der Waals surface area contributed by atoms with Crippen LogP contribution in [0.2, 0.25) is 0 Å². The lowest BCUT2D eigenvalue weighted by Crippen LogP contribution is -1.77. The van der Waals surface area contributed by atoms with Gasteiger partial charge in [0, 0.05) is 11.1 Å². The van der Waals surface area contributed by atoms with Crippen LogP contribution in [-0.4, -0.2) is 10.2 Å². The lowest BCUT2D eigenvalue weighted by atomic mass is 10.2. The molecule has 17 heavy (non-hydrogen) atoms. The first kappa shape index (κ1) is 11.3. The van der Waals surface area contributed by atoms with Crippen LogP contribution in [0.15, 0.2) is 53.0 Å².